The molecule has 3 aromatic carbocycles. The van der Waals surface area contributed by atoms with Crippen LogP contribution in [0.15, 0.2) is 91.0 Å². The molecule has 35 heavy (non-hydrogen) atoms. The molecule has 5 atom stereocenters. The lowest BCUT2D eigenvalue weighted by Crippen LogP contribution is -2.62. The zero-order valence-corrected chi connectivity index (χ0v) is 19.2. The molecule has 1 saturated heterocycles. The molecule has 0 spiro atoms. The van der Waals surface area contributed by atoms with E-state index in [1.165, 1.54) is 0 Å². The lowest BCUT2D eigenvalue weighted by molar-refractivity contribution is -0.575. The fourth-order valence-corrected chi connectivity index (χ4v) is 4.06. The Hall–Kier alpha value is -3.14. The SMILES string of the molecule is O=[N+]([O-])[C@H]1[C@@H](OCc2ccccc2)[C@H](OCc2ccccc2)[C@@H](COCc2ccccc2)O[C@H]1O. The highest BCUT2D eigenvalue weighted by molar-refractivity contribution is 5.15. The molecule has 1 fully saturated rings. The van der Waals surface area contributed by atoms with Crippen LogP contribution in [0.4, 0.5) is 0 Å². The molecule has 0 aliphatic carbocycles. The Balaban J connectivity index is 1.52. The molecule has 3 aromatic rings. The fraction of sp³-hybridized carbons (Fsp3) is 0.333. The molecular formula is C27H29NO7. The van der Waals surface area contributed by atoms with Crippen molar-refractivity contribution in [1.29, 1.82) is 0 Å². The number of benzene rings is 3. The first-order valence-electron chi connectivity index (χ1n) is 11.5. The van der Waals surface area contributed by atoms with Crippen LogP contribution in [0, 0.1) is 10.1 Å². The predicted molar refractivity (Wildman–Crippen MR) is 128 cm³/mol. The molecule has 1 aliphatic rings. The average molecular weight is 480 g/mol. The van der Waals surface area contributed by atoms with Crippen LogP contribution in [-0.2, 0) is 38.8 Å². The van der Waals surface area contributed by atoms with E-state index in [1.54, 1.807) is 0 Å². The van der Waals surface area contributed by atoms with E-state index < -0.39 is 35.6 Å². The Labute approximate surface area is 204 Å². The van der Waals surface area contributed by atoms with E-state index in [-0.39, 0.29) is 19.8 Å². The minimum Gasteiger partial charge on any atom is -0.374 e. The molecule has 0 saturated carbocycles. The molecule has 0 radical (unpaired) electrons. The Morgan fingerprint density at radius 2 is 1.20 bits per heavy atom. The van der Waals surface area contributed by atoms with Crippen molar-refractivity contribution in [3.8, 4) is 0 Å². The summed E-state index contributed by atoms with van der Waals surface area (Å²) in [5.74, 6) is 0. The van der Waals surface area contributed by atoms with Gasteiger partial charge in [-0.25, -0.2) is 0 Å². The number of nitrogens with zero attached hydrogens (tertiary/aromatic N) is 1. The molecule has 8 nitrogen and oxygen atoms in total. The van der Waals surface area contributed by atoms with Crippen LogP contribution in [-0.4, -0.2) is 47.3 Å². The van der Waals surface area contributed by atoms with Gasteiger partial charge in [0.15, 0.2) is 6.10 Å². The molecule has 0 unspecified atom stereocenters. The maximum absolute atomic E-state index is 11.9. The number of hydrogen-bond acceptors (Lipinski definition) is 7. The largest absolute Gasteiger partial charge is 0.374 e. The van der Waals surface area contributed by atoms with E-state index in [9.17, 15) is 15.2 Å². The van der Waals surface area contributed by atoms with Crippen molar-refractivity contribution in [2.24, 2.45) is 0 Å². The van der Waals surface area contributed by atoms with Crippen molar-refractivity contribution in [1.82, 2.24) is 0 Å². The van der Waals surface area contributed by atoms with Gasteiger partial charge in [-0.05, 0) is 16.7 Å². The van der Waals surface area contributed by atoms with Gasteiger partial charge in [-0.2, -0.15) is 0 Å². The maximum Gasteiger partial charge on any atom is 0.291 e. The second-order valence-corrected chi connectivity index (χ2v) is 8.36. The van der Waals surface area contributed by atoms with Crippen LogP contribution in [0.2, 0.25) is 0 Å². The molecule has 0 bridgehead atoms. The summed E-state index contributed by atoms with van der Waals surface area (Å²) in [5, 5.41) is 22.5. The number of nitro groups is 1. The van der Waals surface area contributed by atoms with E-state index in [2.05, 4.69) is 0 Å². The summed E-state index contributed by atoms with van der Waals surface area (Å²) in [6.07, 6.45) is -4.32. The standard InChI is InChI=1S/C27H29NO7/c29-27-24(28(30)31)26(34-18-22-14-8-3-9-15-22)25(33-17-21-12-6-2-7-13-21)23(35-27)19-32-16-20-10-4-1-5-11-20/h1-15,23-27,29H,16-19H2/t23-,24+,25-,26-,27-/m1/s1. The van der Waals surface area contributed by atoms with E-state index in [0.29, 0.717) is 6.61 Å². The van der Waals surface area contributed by atoms with Gasteiger partial charge >= 0.3 is 0 Å². The minimum absolute atomic E-state index is 0.0705. The molecule has 1 heterocycles. The maximum atomic E-state index is 11.9. The topological polar surface area (TPSA) is 100 Å². The zero-order chi connectivity index (χ0) is 24.5. The van der Waals surface area contributed by atoms with E-state index >= 15 is 0 Å². The monoisotopic (exact) mass is 479 g/mol. The van der Waals surface area contributed by atoms with Crippen molar-refractivity contribution in [2.45, 2.75) is 50.5 Å². The molecule has 0 amide bonds. The predicted octanol–water partition coefficient (Wildman–Crippen LogP) is 3.74. The summed E-state index contributed by atoms with van der Waals surface area (Å²) >= 11 is 0. The quantitative estimate of drug-likeness (QED) is 0.330. The van der Waals surface area contributed by atoms with Gasteiger partial charge in [0.1, 0.15) is 12.2 Å². The second kappa shape index (κ2) is 12.5. The summed E-state index contributed by atoms with van der Waals surface area (Å²) in [6, 6.07) is 27.0. The van der Waals surface area contributed by atoms with E-state index in [1.807, 2.05) is 91.0 Å². The van der Waals surface area contributed by atoms with E-state index in [0.717, 1.165) is 16.7 Å². The van der Waals surface area contributed by atoms with Crippen LogP contribution < -0.4 is 0 Å². The second-order valence-electron chi connectivity index (χ2n) is 8.36. The molecule has 4 rings (SSSR count). The van der Waals surface area contributed by atoms with Gasteiger partial charge in [0.05, 0.1) is 26.4 Å². The molecule has 8 heteroatoms. The van der Waals surface area contributed by atoms with Gasteiger partial charge in [0, 0.05) is 4.92 Å². The fourth-order valence-electron chi connectivity index (χ4n) is 4.06. The highest BCUT2D eigenvalue weighted by Crippen LogP contribution is 2.29. The molecule has 1 aliphatic heterocycles. The van der Waals surface area contributed by atoms with Crippen LogP contribution in [0.3, 0.4) is 0 Å². The summed E-state index contributed by atoms with van der Waals surface area (Å²) in [5.41, 5.74) is 2.74. The lowest BCUT2D eigenvalue weighted by Gasteiger charge is -2.40. The average Bonchev–Trinajstić information content (AvgIpc) is 2.88. The molecule has 0 aromatic heterocycles. The highest BCUT2D eigenvalue weighted by Gasteiger charge is 2.53. The van der Waals surface area contributed by atoms with Crippen LogP contribution in [0.1, 0.15) is 16.7 Å². The van der Waals surface area contributed by atoms with Crippen molar-refractivity contribution < 1.29 is 29.0 Å². The summed E-state index contributed by atoms with van der Waals surface area (Å²) in [7, 11) is 0. The zero-order valence-electron chi connectivity index (χ0n) is 19.2. The highest BCUT2D eigenvalue weighted by atomic mass is 16.7. The van der Waals surface area contributed by atoms with Gasteiger partial charge < -0.3 is 24.1 Å². The molecule has 1 N–H and O–H groups in total. The number of hydrogen-bond donors (Lipinski definition) is 1. The first-order chi connectivity index (χ1) is 17.1. The van der Waals surface area contributed by atoms with Crippen LogP contribution in [0.5, 0.6) is 0 Å². The van der Waals surface area contributed by atoms with Crippen molar-refractivity contribution in [2.75, 3.05) is 6.61 Å². The third-order valence-electron chi connectivity index (χ3n) is 5.84. The van der Waals surface area contributed by atoms with Crippen molar-refractivity contribution in [3.63, 3.8) is 0 Å². The number of ether oxygens (including phenoxy) is 4. The van der Waals surface area contributed by atoms with Gasteiger partial charge in [0.2, 0.25) is 6.29 Å². The van der Waals surface area contributed by atoms with Gasteiger partial charge in [0.25, 0.3) is 6.04 Å². The Bertz CT molecular complexity index is 1040. The van der Waals surface area contributed by atoms with Crippen LogP contribution >= 0.6 is 0 Å². The smallest absolute Gasteiger partial charge is 0.291 e. The van der Waals surface area contributed by atoms with Gasteiger partial charge in [-0.15, -0.1) is 0 Å². The van der Waals surface area contributed by atoms with Gasteiger partial charge in [-0.1, -0.05) is 91.0 Å². The number of aliphatic hydroxyl groups excluding tert-OH is 1. The third kappa shape index (κ3) is 6.94. The number of aliphatic hydroxyl groups is 1. The molecule has 184 valence electrons. The Kier molecular flexibility index (Phi) is 8.94. The summed E-state index contributed by atoms with van der Waals surface area (Å²) in [4.78, 5) is 11.3. The van der Waals surface area contributed by atoms with Crippen LogP contribution in [0.25, 0.3) is 0 Å². The Morgan fingerprint density at radius 3 is 1.69 bits per heavy atom. The summed E-state index contributed by atoms with van der Waals surface area (Å²) in [6.45, 7) is 0.735. The van der Waals surface area contributed by atoms with Gasteiger partial charge in [-0.3, -0.25) is 10.1 Å². The first kappa shape index (κ1) is 25.0. The Morgan fingerprint density at radius 1 is 0.743 bits per heavy atom. The molecular weight excluding hydrogens is 450 g/mol. The number of rotatable bonds is 11. The van der Waals surface area contributed by atoms with Crippen molar-refractivity contribution in [3.05, 3.63) is 118 Å². The third-order valence-corrected chi connectivity index (χ3v) is 5.84. The minimum atomic E-state index is -1.66. The van der Waals surface area contributed by atoms with E-state index in [4.69, 9.17) is 18.9 Å². The summed E-state index contributed by atoms with van der Waals surface area (Å²) < 4.78 is 23.7. The lowest BCUT2D eigenvalue weighted by atomic mass is 9.96. The van der Waals surface area contributed by atoms with Crippen molar-refractivity contribution >= 4 is 0 Å². The first-order valence-corrected chi connectivity index (χ1v) is 11.5. The normalized spacial score (nSPS) is 24.2.